The molecule has 3 N–H and O–H groups in total. The van der Waals surface area contributed by atoms with Crippen LogP contribution in [0.1, 0.15) is 5.56 Å². The third-order valence-electron chi connectivity index (χ3n) is 2.84. The van der Waals surface area contributed by atoms with Crippen LogP contribution in [0.4, 0.5) is 5.69 Å². The molecule has 0 aliphatic carbocycles. The van der Waals surface area contributed by atoms with Crippen molar-refractivity contribution in [3.05, 3.63) is 70.3 Å². The summed E-state index contributed by atoms with van der Waals surface area (Å²) in [6, 6.07) is 12.4. The normalized spacial score (nSPS) is 15.7. The molecule has 0 fully saturated rings. The molecule has 0 atom stereocenters. The third-order valence-corrected chi connectivity index (χ3v) is 2.84. The van der Waals surface area contributed by atoms with E-state index in [0.29, 0.717) is 11.5 Å². The Labute approximate surface area is 120 Å². The quantitative estimate of drug-likeness (QED) is 0.725. The van der Waals surface area contributed by atoms with Crippen LogP contribution in [0.15, 0.2) is 64.1 Å². The van der Waals surface area contributed by atoms with Crippen molar-refractivity contribution in [2.75, 3.05) is 5.32 Å². The molecular weight excluding hydrogens is 268 g/mol. The molecule has 21 heavy (non-hydrogen) atoms. The number of benzene rings is 1. The van der Waals surface area contributed by atoms with Crippen molar-refractivity contribution < 1.29 is 4.79 Å². The molecule has 2 heterocycles. The van der Waals surface area contributed by atoms with Crippen molar-refractivity contribution in [3.8, 4) is 0 Å². The Morgan fingerprint density at radius 3 is 2.57 bits per heavy atom. The maximum atomic E-state index is 11.8. The number of carbonyl (C=O) groups excluding carboxylic acids is 1. The van der Waals surface area contributed by atoms with Crippen LogP contribution < -0.4 is 16.2 Å². The van der Waals surface area contributed by atoms with Gasteiger partial charge in [0.2, 0.25) is 11.5 Å². The number of aromatic amines is 1. The number of hydrogen-bond acceptors (Lipinski definition) is 4. The van der Waals surface area contributed by atoms with E-state index in [9.17, 15) is 9.59 Å². The number of guanidine groups is 1. The summed E-state index contributed by atoms with van der Waals surface area (Å²) in [5.74, 6) is 0.0847. The van der Waals surface area contributed by atoms with Crippen LogP contribution in [-0.2, 0) is 4.79 Å². The molecule has 0 unspecified atom stereocenters. The molecule has 1 aliphatic heterocycles. The molecule has 0 saturated carbocycles. The van der Waals surface area contributed by atoms with Crippen molar-refractivity contribution in [1.82, 2.24) is 10.3 Å². The maximum absolute atomic E-state index is 11.8. The van der Waals surface area contributed by atoms with Crippen LogP contribution >= 0.6 is 0 Å². The molecule has 1 amide bonds. The van der Waals surface area contributed by atoms with Crippen LogP contribution in [0, 0.1) is 0 Å². The van der Waals surface area contributed by atoms with Crippen LogP contribution in [-0.4, -0.2) is 16.9 Å². The van der Waals surface area contributed by atoms with Gasteiger partial charge in [0, 0.05) is 18.0 Å². The van der Waals surface area contributed by atoms with Gasteiger partial charge >= 0.3 is 0 Å². The van der Waals surface area contributed by atoms with E-state index in [4.69, 9.17) is 0 Å². The second kappa shape index (κ2) is 5.46. The zero-order valence-electron chi connectivity index (χ0n) is 11.0. The molecule has 2 aromatic rings. The van der Waals surface area contributed by atoms with Crippen molar-refractivity contribution >= 4 is 23.6 Å². The first kappa shape index (κ1) is 12.9. The number of pyridine rings is 1. The average Bonchev–Trinajstić information content (AvgIpc) is 2.82. The lowest BCUT2D eigenvalue weighted by Gasteiger charge is -2.03. The van der Waals surface area contributed by atoms with Crippen LogP contribution in [0.2, 0.25) is 0 Å². The van der Waals surface area contributed by atoms with E-state index >= 15 is 0 Å². The highest BCUT2D eigenvalue weighted by atomic mass is 16.2. The summed E-state index contributed by atoms with van der Waals surface area (Å²) < 4.78 is 0. The minimum atomic E-state index is -0.292. The largest absolute Gasteiger partial charge is 0.329 e. The first-order valence-electron chi connectivity index (χ1n) is 6.33. The van der Waals surface area contributed by atoms with E-state index < -0.39 is 0 Å². The monoisotopic (exact) mass is 280 g/mol. The zero-order chi connectivity index (χ0) is 14.7. The lowest BCUT2D eigenvalue weighted by molar-refractivity contribution is -0.115. The Bertz CT molecular complexity index is 770. The van der Waals surface area contributed by atoms with Crippen molar-refractivity contribution in [2.24, 2.45) is 4.99 Å². The number of rotatable bonds is 2. The number of amides is 1. The molecule has 3 rings (SSSR count). The summed E-state index contributed by atoms with van der Waals surface area (Å²) in [5, 5.41) is 5.66. The van der Waals surface area contributed by atoms with Gasteiger partial charge in [-0.2, -0.15) is 0 Å². The summed E-state index contributed by atoms with van der Waals surface area (Å²) in [6.45, 7) is 0. The number of anilines is 1. The Kier molecular flexibility index (Phi) is 3.34. The lowest BCUT2D eigenvalue weighted by Crippen LogP contribution is -2.29. The molecule has 1 aliphatic rings. The number of nitrogens with one attached hydrogen (secondary N) is 3. The molecule has 6 heteroatoms. The number of para-hydroxylation sites is 1. The minimum absolute atomic E-state index is 0.192. The number of aliphatic imine (C=N–C) groups is 1. The zero-order valence-corrected chi connectivity index (χ0v) is 11.0. The van der Waals surface area contributed by atoms with Crippen molar-refractivity contribution in [2.45, 2.75) is 0 Å². The van der Waals surface area contributed by atoms with E-state index in [2.05, 4.69) is 20.6 Å². The first-order valence-corrected chi connectivity index (χ1v) is 6.33. The van der Waals surface area contributed by atoms with E-state index in [1.807, 2.05) is 30.3 Å². The number of nitrogens with zero attached hydrogens (tertiary/aromatic N) is 1. The van der Waals surface area contributed by atoms with Gasteiger partial charge < -0.3 is 10.3 Å². The van der Waals surface area contributed by atoms with E-state index in [1.54, 1.807) is 12.1 Å². The standard InChI is InChI=1S/C15H12N4O2/c20-13-7-6-10(9-16-13)8-12-14(21)19-15(18-12)17-11-4-2-1-3-5-11/h1-9H,(H,16,20)(H2,17,18,19,21)/b12-8-. The molecule has 104 valence electrons. The molecule has 0 saturated heterocycles. The predicted octanol–water partition coefficient (Wildman–Crippen LogP) is 1.31. The fourth-order valence-corrected chi connectivity index (χ4v) is 1.86. The molecule has 0 bridgehead atoms. The van der Waals surface area contributed by atoms with Gasteiger partial charge in [-0.25, -0.2) is 4.99 Å². The van der Waals surface area contributed by atoms with Gasteiger partial charge in [0.05, 0.1) is 0 Å². The van der Waals surface area contributed by atoms with Gasteiger partial charge in [-0.1, -0.05) is 18.2 Å². The van der Waals surface area contributed by atoms with Gasteiger partial charge in [-0.15, -0.1) is 0 Å². The van der Waals surface area contributed by atoms with Gasteiger partial charge in [-0.05, 0) is 29.8 Å². The first-order chi connectivity index (χ1) is 10.2. The van der Waals surface area contributed by atoms with Crippen LogP contribution in [0.25, 0.3) is 6.08 Å². The summed E-state index contributed by atoms with van der Waals surface area (Å²) in [6.07, 6.45) is 3.13. The SMILES string of the molecule is O=C1NC(Nc2ccccc2)=N/C1=C\c1ccc(=O)[nH]c1. The second-order valence-corrected chi connectivity index (χ2v) is 4.42. The van der Waals surface area contributed by atoms with Gasteiger partial charge in [0.15, 0.2) is 0 Å². The van der Waals surface area contributed by atoms with Crippen molar-refractivity contribution in [1.29, 1.82) is 0 Å². The Morgan fingerprint density at radius 1 is 1.05 bits per heavy atom. The summed E-state index contributed by atoms with van der Waals surface area (Å²) >= 11 is 0. The lowest BCUT2D eigenvalue weighted by atomic mass is 10.2. The van der Waals surface area contributed by atoms with E-state index in [-0.39, 0.29) is 17.2 Å². The fourth-order valence-electron chi connectivity index (χ4n) is 1.86. The summed E-state index contributed by atoms with van der Waals surface area (Å²) in [5.41, 5.74) is 1.62. The maximum Gasteiger partial charge on any atom is 0.276 e. The average molecular weight is 280 g/mol. The predicted molar refractivity (Wildman–Crippen MR) is 80.7 cm³/mol. The minimum Gasteiger partial charge on any atom is -0.329 e. The number of hydrogen-bond donors (Lipinski definition) is 3. The molecule has 0 radical (unpaired) electrons. The number of H-pyrrole nitrogens is 1. The summed E-state index contributed by atoms with van der Waals surface area (Å²) in [7, 11) is 0. The number of carbonyl (C=O) groups is 1. The highest BCUT2D eigenvalue weighted by Gasteiger charge is 2.19. The smallest absolute Gasteiger partial charge is 0.276 e. The summed E-state index contributed by atoms with van der Waals surface area (Å²) in [4.78, 5) is 29.6. The molecule has 1 aromatic carbocycles. The highest BCUT2D eigenvalue weighted by molar-refractivity contribution is 6.17. The number of aromatic nitrogens is 1. The van der Waals surface area contributed by atoms with Gasteiger partial charge in [0.25, 0.3) is 5.91 Å². The Hall–Kier alpha value is -3.15. The Morgan fingerprint density at radius 2 is 1.86 bits per heavy atom. The van der Waals surface area contributed by atoms with Crippen LogP contribution in [0.5, 0.6) is 0 Å². The van der Waals surface area contributed by atoms with Crippen molar-refractivity contribution in [3.63, 3.8) is 0 Å². The van der Waals surface area contributed by atoms with Gasteiger partial charge in [-0.3, -0.25) is 14.9 Å². The highest BCUT2D eigenvalue weighted by Crippen LogP contribution is 2.12. The molecule has 0 spiro atoms. The van der Waals surface area contributed by atoms with E-state index in [0.717, 1.165) is 5.69 Å². The topological polar surface area (TPSA) is 86.3 Å². The van der Waals surface area contributed by atoms with Crippen LogP contribution in [0.3, 0.4) is 0 Å². The second-order valence-electron chi connectivity index (χ2n) is 4.42. The fraction of sp³-hybridized carbons (Fsp3) is 0. The Balaban J connectivity index is 1.82. The van der Waals surface area contributed by atoms with Gasteiger partial charge in [0.1, 0.15) is 5.70 Å². The third kappa shape index (κ3) is 3.06. The molecule has 1 aromatic heterocycles. The molecular formula is C15H12N4O2. The molecule has 6 nitrogen and oxygen atoms in total. The van der Waals surface area contributed by atoms with E-state index in [1.165, 1.54) is 12.3 Å².